The molecule has 7 rings (SSSR count). The highest BCUT2D eigenvalue weighted by atomic mass is 19.1. The van der Waals surface area contributed by atoms with Crippen LogP contribution in [0.3, 0.4) is 0 Å². The average molecular weight is 650 g/mol. The van der Waals surface area contributed by atoms with E-state index in [9.17, 15) is 9.59 Å². The van der Waals surface area contributed by atoms with Crippen molar-refractivity contribution in [3.05, 3.63) is 90.5 Å². The molecule has 4 aromatic heterocycles. The van der Waals surface area contributed by atoms with Gasteiger partial charge in [0.1, 0.15) is 17.3 Å². The summed E-state index contributed by atoms with van der Waals surface area (Å²) in [7, 11) is 1.57. The van der Waals surface area contributed by atoms with Gasteiger partial charge < -0.3 is 24.4 Å². The van der Waals surface area contributed by atoms with E-state index in [1.807, 2.05) is 24.3 Å². The fourth-order valence-electron chi connectivity index (χ4n) is 6.64. The van der Waals surface area contributed by atoms with Gasteiger partial charge in [0.25, 0.3) is 5.91 Å². The molecule has 2 amide bonds. The van der Waals surface area contributed by atoms with Gasteiger partial charge in [-0.15, -0.1) is 5.10 Å². The van der Waals surface area contributed by atoms with Gasteiger partial charge >= 0.3 is 0 Å². The number of nitrogens with zero attached hydrogens (tertiary/aromatic N) is 8. The number of hydrogen-bond acceptors (Lipinski definition) is 8. The topological polar surface area (TPSA) is 125 Å². The van der Waals surface area contributed by atoms with E-state index < -0.39 is 5.82 Å². The highest BCUT2D eigenvalue weighted by Crippen LogP contribution is 2.40. The van der Waals surface area contributed by atoms with Crippen LogP contribution in [0.2, 0.25) is 0 Å². The third-order valence-electron chi connectivity index (χ3n) is 9.11. The summed E-state index contributed by atoms with van der Waals surface area (Å²) in [5, 5.41) is 8.28. The van der Waals surface area contributed by atoms with Crippen molar-refractivity contribution >= 4 is 34.1 Å². The van der Waals surface area contributed by atoms with Gasteiger partial charge in [0.15, 0.2) is 5.82 Å². The summed E-state index contributed by atoms with van der Waals surface area (Å²) < 4.78 is 23.9. The number of aromatic amines is 1. The highest BCUT2D eigenvalue weighted by Gasteiger charge is 2.30. The second kappa shape index (κ2) is 13.3. The predicted molar refractivity (Wildman–Crippen MR) is 179 cm³/mol. The largest absolute Gasteiger partial charge is 0.496 e. The third kappa shape index (κ3) is 5.98. The molecule has 0 aliphatic carbocycles. The Morgan fingerprint density at radius 3 is 2.71 bits per heavy atom. The summed E-state index contributed by atoms with van der Waals surface area (Å²) in [5.41, 5.74) is 2.90. The highest BCUT2D eigenvalue weighted by molar-refractivity contribution is 6.05. The molecule has 2 aliphatic rings. The molecular formula is C35H36FN9O3. The molecule has 1 atom stereocenters. The van der Waals surface area contributed by atoms with E-state index in [0.29, 0.717) is 78.2 Å². The SMILES string of the molecule is COc1ccncc1-c1cc(C2=CCCN(C(=O)CCn3ccnn3)C2)c(F)c2[nH]c(C(=O)N3CCN(c4ccccn4)C(C)C3)cc12. The number of benzene rings is 1. The Morgan fingerprint density at radius 2 is 1.94 bits per heavy atom. The number of nitrogens with one attached hydrogen (secondary N) is 1. The number of ether oxygens (including phenoxy) is 1. The number of H-pyrrole nitrogens is 1. The molecule has 2 aliphatic heterocycles. The van der Waals surface area contributed by atoms with Gasteiger partial charge in [-0.05, 0) is 54.8 Å². The van der Waals surface area contributed by atoms with Crippen molar-refractivity contribution in [1.82, 2.24) is 39.7 Å². The van der Waals surface area contributed by atoms with Crippen LogP contribution < -0.4 is 9.64 Å². The molecule has 0 spiro atoms. The number of carbonyl (C=O) groups is 2. The molecule has 0 bridgehead atoms. The second-order valence-corrected chi connectivity index (χ2v) is 12.1. The minimum atomic E-state index is -0.479. The lowest BCUT2D eigenvalue weighted by Gasteiger charge is -2.40. The van der Waals surface area contributed by atoms with Crippen LogP contribution in [0.5, 0.6) is 5.75 Å². The molecule has 13 heteroatoms. The van der Waals surface area contributed by atoms with Crippen molar-refractivity contribution in [2.24, 2.45) is 0 Å². The van der Waals surface area contributed by atoms with Gasteiger partial charge in [0, 0.05) is 86.5 Å². The molecule has 12 nitrogen and oxygen atoms in total. The number of anilines is 1. The number of halogens is 1. The summed E-state index contributed by atoms with van der Waals surface area (Å²) in [6, 6.07) is 11.1. The van der Waals surface area contributed by atoms with Gasteiger partial charge in [-0.1, -0.05) is 17.4 Å². The molecule has 0 saturated carbocycles. The van der Waals surface area contributed by atoms with Crippen LogP contribution in [0.15, 0.2) is 73.5 Å². The van der Waals surface area contributed by atoms with Crippen molar-refractivity contribution in [2.75, 3.05) is 44.7 Å². The number of aryl methyl sites for hydroxylation is 1. The van der Waals surface area contributed by atoms with E-state index >= 15 is 4.39 Å². The lowest BCUT2D eigenvalue weighted by molar-refractivity contribution is -0.131. The number of methoxy groups -OCH3 is 1. The van der Waals surface area contributed by atoms with Crippen LogP contribution >= 0.6 is 0 Å². The normalized spacial score (nSPS) is 16.7. The lowest BCUT2D eigenvalue weighted by Crippen LogP contribution is -2.54. The van der Waals surface area contributed by atoms with Crippen molar-refractivity contribution in [2.45, 2.75) is 32.4 Å². The van der Waals surface area contributed by atoms with Gasteiger partial charge in [0.2, 0.25) is 5.91 Å². The van der Waals surface area contributed by atoms with Gasteiger partial charge in [-0.3, -0.25) is 19.3 Å². The molecule has 1 aromatic carbocycles. The molecule has 246 valence electrons. The Hall–Kier alpha value is -5.59. The molecule has 0 radical (unpaired) electrons. The Bertz CT molecular complexity index is 1980. The van der Waals surface area contributed by atoms with Crippen molar-refractivity contribution < 1.29 is 18.7 Å². The zero-order valence-corrected chi connectivity index (χ0v) is 26.8. The fourth-order valence-corrected chi connectivity index (χ4v) is 6.64. The Morgan fingerprint density at radius 1 is 1.04 bits per heavy atom. The molecule has 1 saturated heterocycles. The summed E-state index contributed by atoms with van der Waals surface area (Å²) >= 11 is 0. The first-order chi connectivity index (χ1) is 23.4. The molecule has 5 aromatic rings. The number of piperazine rings is 1. The zero-order chi connectivity index (χ0) is 33.2. The molecular weight excluding hydrogens is 613 g/mol. The lowest BCUT2D eigenvalue weighted by atomic mass is 9.93. The predicted octanol–water partition coefficient (Wildman–Crippen LogP) is 4.42. The molecule has 1 unspecified atom stereocenters. The Kier molecular flexibility index (Phi) is 8.57. The summed E-state index contributed by atoms with van der Waals surface area (Å²) in [4.78, 5) is 44.8. The third-order valence-corrected chi connectivity index (χ3v) is 9.11. The van der Waals surface area contributed by atoms with Crippen LogP contribution in [0.1, 0.15) is 35.8 Å². The van der Waals surface area contributed by atoms with E-state index in [4.69, 9.17) is 4.74 Å². The quantitative estimate of drug-likeness (QED) is 0.262. The summed E-state index contributed by atoms with van der Waals surface area (Å²) in [6.45, 7) is 4.90. The molecule has 1 fully saturated rings. The van der Waals surface area contributed by atoms with Gasteiger partial charge in [0.05, 0.1) is 25.4 Å². The number of fused-ring (bicyclic) bond motifs is 1. The Balaban J connectivity index is 1.21. The molecule has 1 N–H and O–H groups in total. The number of aromatic nitrogens is 6. The minimum absolute atomic E-state index is 0.0423. The van der Waals surface area contributed by atoms with Crippen LogP contribution in [-0.2, 0) is 11.3 Å². The smallest absolute Gasteiger partial charge is 0.270 e. The maximum Gasteiger partial charge on any atom is 0.270 e. The monoisotopic (exact) mass is 649 g/mol. The van der Waals surface area contributed by atoms with Gasteiger partial charge in [-0.2, -0.15) is 0 Å². The van der Waals surface area contributed by atoms with Crippen molar-refractivity contribution in [3.63, 3.8) is 0 Å². The zero-order valence-electron chi connectivity index (χ0n) is 26.8. The molecule has 48 heavy (non-hydrogen) atoms. The molecule has 6 heterocycles. The maximum absolute atomic E-state index is 16.6. The first-order valence-corrected chi connectivity index (χ1v) is 16.0. The van der Waals surface area contributed by atoms with Gasteiger partial charge in [-0.25, -0.2) is 9.37 Å². The first-order valence-electron chi connectivity index (χ1n) is 16.0. The second-order valence-electron chi connectivity index (χ2n) is 12.1. The number of pyridine rings is 2. The minimum Gasteiger partial charge on any atom is -0.496 e. The number of carbonyl (C=O) groups excluding carboxylic acids is 2. The van der Waals surface area contributed by atoms with E-state index in [1.54, 1.807) is 70.8 Å². The summed E-state index contributed by atoms with van der Waals surface area (Å²) in [6.07, 6.45) is 11.2. The van der Waals surface area contributed by atoms with Crippen molar-refractivity contribution in [1.29, 1.82) is 0 Å². The standard InChI is InChI=1S/C35H36FN9O3/c1-23-21-43(16-17-45(23)31-7-3-4-10-38-31)35(47)29-19-27-26(28-20-37-11-8-30(28)48-2)18-25(33(36)34(27)40-29)24-6-5-13-42(22-24)32(46)9-14-44-15-12-39-41-44/h3-4,6-8,10-12,15,18-20,23,40H,5,9,13-14,16-17,21-22H2,1-2H3. The van der Waals surface area contributed by atoms with Crippen LogP contribution in [0, 0.1) is 5.82 Å². The average Bonchev–Trinajstić information content (AvgIpc) is 3.82. The summed E-state index contributed by atoms with van der Waals surface area (Å²) in [5.74, 6) is 0.716. The maximum atomic E-state index is 16.6. The first kappa shape index (κ1) is 31.0. The van der Waals surface area contributed by atoms with E-state index in [1.165, 1.54) is 0 Å². The van der Waals surface area contributed by atoms with Crippen LogP contribution in [-0.4, -0.2) is 97.4 Å². The van der Waals surface area contributed by atoms with Crippen LogP contribution in [0.25, 0.3) is 27.6 Å². The van der Waals surface area contributed by atoms with E-state index in [2.05, 4.69) is 37.1 Å². The van der Waals surface area contributed by atoms with Crippen LogP contribution in [0.4, 0.5) is 10.2 Å². The number of hydrogen-bond donors (Lipinski definition) is 1. The van der Waals surface area contributed by atoms with E-state index in [-0.39, 0.29) is 36.3 Å². The number of amides is 2. The fraction of sp³-hybridized carbons (Fsp3) is 0.314. The van der Waals surface area contributed by atoms with E-state index in [0.717, 1.165) is 5.82 Å². The number of rotatable bonds is 8. The van der Waals surface area contributed by atoms with Crippen molar-refractivity contribution in [3.8, 4) is 16.9 Å². The Labute approximate surface area is 276 Å².